The number of hydrogen-bond donors (Lipinski definition) is 1. The van der Waals surface area contributed by atoms with Gasteiger partial charge in [-0.2, -0.15) is 5.10 Å². The first-order valence-corrected chi connectivity index (χ1v) is 8.62. The van der Waals surface area contributed by atoms with E-state index < -0.39 is 0 Å². The number of fused-ring (bicyclic) bond motifs is 1. The van der Waals surface area contributed by atoms with Gasteiger partial charge in [0.25, 0.3) is 0 Å². The molecule has 0 radical (unpaired) electrons. The molecule has 2 aromatic rings. The van der Waals surface area contributed by atoms with Crippen molar-refractivity contribution >= 4 is 5.91 Å². The number of aromatic amines is 1. The molecule has 1 atom stereocenters. The van der Waals surface area contributed by atoms with Crippen LogP contribution in [0.3, 0.4) is 0 Å². The minimum absolute atomic E-state index is 0.0465. The SMILES string of the molecule is Cc1ccccc1OCCCN(C)C(=O)[C@H]1CCCc2[nH]ncc21. The van der Waals surface area contributed by atoms with E-state index in [9.17, 15) is 4.79 Å². The van der Waals surface area contributed by atoms with Gasteiger partial charge in [-0.25, -0.2) is 0 Å². The molecule has 1 aromatic carbocycles. The zero-order chi connectivity index (χ0) is 16.9. The smallest absolute Gasteiger partial charge is 0.229 e. The van der Waals surface area contributed by atoms with E-state index in [-0.39, 0.29) is 11.8 Å². The molecule has 128 valence electrons. The maximum atomic E-state index is 12.7. The molecule has 5 nitrogen and oxygen atoms in total. The average Bonchev–Trinajstić information content (AvgIpc) is 3.08. The fourth-order valence-corrected chi connectivity index (χ4v) is 3.30. The molecule has 0 unspecified atom stereocenters. The molecule has 1 amide bonds. The lowest BCUT2D eigenvalue weighted by atomic mass is 9.86. The number of carbonyl (C=O) groups excluding carboxylic acids is 1. The lowest BCUT2D eigenvalue weighted by Gasteiger charge is -2.26. The van der Waals surface area contributed by atoms with E-state index in [1.54, 1.807) is 0 Å². The maximum absolute atomic E-state index is 12.7. The van der Waals surface area contributed by atoms with E-state index in [0.29, 0.717) is 13.2 Å². The van der Waals surface area contributed by atoms with Crippen molar-refractivity contribution in [3.8, 4) is 5.75 Å². The molecule has 1 aliphatic carbocycles. The predicted molar refractivity (Wildman–Crippen MR) is 93.2 cm³/mol. The summed E-state index contributed by atoms with van der Waals surface area (Å²) in [6, 6.07) is 8.00. The number of rotatable bonds is 6. The lowest BCUT2D eigenvalue weighted by Crippen LogP contribution is -2.34. The number of carbonyl (C=O) groups is 1. The second-order valence-electron chi connectivity index (χ2n) is 6.48. The number of likely N-dealkylation sites (N-methyl/N-ethyl adjacent to an activating group) is 1. The first-order valence-electron chi connectivity index (χ1n) is 8.62. The van der Waals surface area contributed by atoms with Crippen molar-refractivity contribution < 1.29 is 9.53 Å². The highest BCUT2D eigenvalue weighted by Gasteiger charge is 2.29. The van der Waals surface area contributed by atoms with Crippen LogP contribution in [0.15, 0.2) is 30.5 Å². The summed E-state index contributed by atoms with van der Waals surface area (Å²) in [6.07, 6.45) is 5.58. The van der Waals surface area contributed by atoms with E-state index in [4.69, 9.17) is 4.74 Å². The minimum Gasteiger partial charge on any atom is -0.493 e. The Hall–Kier alpha value is -2.30. The first kappa shape index (κ1) is 16.6. The van der Waals surface area contributed by atoms with Crippen LogP contribution in [0.5, 0.6) is 5.75 Å². The summed E-state index contributed by atoms with van der Waals surface area (Å²) in [5.74, 6) is 1.06. The van der Waals surface area contributed by atoms with E-state index in [1.165, 1.54) is 0 Å². The summed E-state index contributed by atoms with van der Waals surface area (Å²) in [7, 11) is 1.88. The summed E-state index contributed by atoms with van der Waals surface area (Å²) in [4.78, 5) is 14.5. The van der Waals surface area contributed by atoms with Crippen molar-refractivity contribution in [2.75, 3.05) is 20.2 Å². The van der Waals surface area contributed by atoms with Crippen LogP contribution in [-0.2, 0) is 11.2 Å². The van der Waals surface area contributed by atoms with Crippen LogP contribution in [0.25, 0.3) is 0 Å². The van der Waals surface area contributed by atoms with Gasteiger partial charge in [0.05, 0.1) is 18.7 Å². The van der Waals surface area contributed by atoms with Gasteiger partial charge in [0.2, 0.25) is 5.91 Å². The highest BCUT2D eigenvalue weighted by atomic mass is 16.5. The molecule has 1 heterocycles. The zero-order valence-corrected chi connectivity index (χ0v) is 14.4. The number of benzene rings is 1. The molecule has 5 heteroatoms. The summed E-state index contributed by atoms with van der Waals surface area (Å²) in [5, 5.41) is 7.11. The van der Waals surface area contributed by atoms with Crippen molar-refractivity contribution in [1.29, 1.82) is 0 Å². The minimum atomic E-state index is -0.0465. The molecule has 0 saturated heterocycles. The summed E-state index contributed by atoms with van der Waals surface area (Å²) < 4.78 is 5.80. The Morgan fingerprint density at radius 2 is 2.25 bits per heavy atom. The Morgan fingerprint density at radius 3 is 3.08 bits per heavy atom. The number of H-pyrrole nitrogens is 1. The van der Waals surface area contributed by atoms with Crippen LogP contribution in [0.4, 0.5) is 0 Å². The molecule has 0 aliphatic heterocycles. The quantitative estimate of drug-likeness (QED) is 0.830. The summed E-state index contributed by atoms with van der Waals surface area (Å²) in [5.41, 5.74) is 3.33. The Bertz CT molecular complexity index is 695. The molecular formula is C19H25N3O2. The van der Waals surface area contributed by atoms with Gasteiger partial charge in [-0.3, -0.25) is 9.89 Å². The van der Waals surface area contributed by atoms with E-state index >= 15 is 0 Å². The lowest BCUT2D eigenvalue weighted by molar-refractivity contribution is -0.132. The van der Waals surface area contributed by atoms with Gasteiger partial charge in [-0.05, 0) is 44.2 Å². The first-order chi connectivity index (χ1) is 11.7. The van der Waals surface area contributed by atoms with Gasteiger partial charge >= 0.3 is 0 Å². The van der Waals surface area contributed by atoms with Crippen LogP contribution >= 0.6 is 0 Å². The molecule has 24 heavy (non-hydrogen) atoms. The van der Waals surface area contributed by atoms with Crippen molar-refractivity contribution in [2.45, 2.75) is 38.5 Å². The number of aromatic nitrogens is 2. The van der Waals surface area contributed by atoms with Crippen LogP contribution in [-0.4, -0.2) is 41.2 Å². The Balaban J connectivity index is 1.48. The maximum Gasteiger partial charge on any atom is 0.229 e. The van der Waals surface area contributed by atoms with Crippen LogP contribution in [0.1, 0.15) is 42.0 Å². The summed E-state index contributed by atoms with van der Waals surface area (Å²) in [6.45, 7) is 3.36. The van der Waals surface area contributed by atoms with Crippen LogP contribution in [0.2, 0.25) is 0 Å². The Labute approximate surface area is 143 Å². The van der Waals surface area contributed by atoms with Crippen molar-refractivity contribution in [3.05, 3.63) is 47.3 Å². The number of aryl methyl sites for hydroxylation is 2. The van der Waals surface area contributed by atoms with E-state index in [0.717, 1.165) is 48.3 Å². The number of para-hydroxylation sites is 1. The molecule has 0 spiro atoms. The topological polar surface area (TPSA) is 58.2 Å². The third-order valence-electron chi connectivity index (χ3n) is 4.71. The second-order valence-corrected chi connectivity index (χ2v) is 6.48. The van der Waals surface area contributed by atoms with Crippen molar-refractivity contribution in [1.82, 2.24) is 15.1 Å². The van der Waals surface area contributed by atoms with E-state index in [2.05, 4.69) is 10.2 Å². The van der Waals surface area contributed by atoms with Gasteiger partial charge < -0.3 is 9.64 Å². The number of nitrogens with one attached hydrogen (secondary N) is 1. The third-order valence-corrected chi connectivity index (χ3v) is 4.71. The normalized spacial score (nSPS) is 16.5. The molecule has 1 aromatic heterocycles. The second kappa shape index (κ2) is 7.51. The molecule has 0 bridgehead atoms. The fourth-order valence-electron chi connectivity index (χ4n) is 3.30. The molecule has 3 rings (SSSR count). The largest absolute Gasteiger partial charge is 0.493 e. The highest BCUT2D eigenvalue weighted by Crippen LogP contribution is 2.31. The molecular weight excluding hydrogens is 302 g/mol. The number of hydrogen-bond acceptors (Lipinski definition) is 3. The average molecular weight is 327 g/mol. The van der Waals surface area contributed by atoms with Gasteiger partial charge in [0, 0.05) is 24.8 Å². The molecule has 1 aliphatic rings. The Morgan fingerprint density at radius 1 is 1.42 bits per heavy atom. The van der Waals surface area contributed by atoms with E-state index in [1.807, 2.05) is 49.3 Å². The van der Waals surface area contributed by atoms with Gasteiger partial charge in [-0.1, -0.05) is 18.2 Å². The monoisotopic (exact) mass is 327 g/mol. The van der Waals surface area contributed by atoms with Gasteiger partial charge in [-0.15, -0.1) is 0 Å². The number of amides is 1. The fraction of sp³-hybridized carbons (Fsp3) is 0.474. The van der Waals surface area contributed by atoms with Crippen molar-refractivity contribution in [3.63, 3.8) is 0 Å². The van der Waals surface area contributed by atoms with Crippen LogP contribution < -0.4 is 4.74 Å². The summed E-state index contributed by atoms with van der Waals surface area (Å²) >= 11 is 0. The van der Waals surface area contributed by atoms with Crippen molar-refractivity contribution in [2.24, 2.45) is 0 Å². The van der Waals surface area contributed by atoms with Gasteiger partial charge in [0.1, 0.15) is 5.75 Å². The highest BCUT2D eigenvalue weighted by molar-refractivity contribution is 5.84. The third kappa shape index (κ3) is 3.61. The zero-order valence-electron chi connectivity index (χ0n) is 14.4. The predicted octanol–water partition coefficient (Wildman–Crippen LogP) is 3.07. The molecule has 0 fully saturated rings. The molecule has 1 N–H and O–H groups in total. The molecule has 0 saturated carbocycles. The number of nitrogens with zero attached hydrogens (tertiary/aromatic N) is 2. The number of ether oxygens (including phenoxy) is 1. The van der Waals surface area contributed by atoms with Crippen LogP contribution in [0, 0.1) is 6.92 Å². The Kier molecular flexibility index (Phi) is 5.18. The van der Waals surface area contributed by atoms with Gasteiger partial charge in [0.15, 0.2) is 0 Å². The standard InChI is InChI=1S/C19H25N3O2/c1-14-7-3-4-10-18(14)24-12-6-11-22(2)19(23)15-8-5-9-17-16(15)13-20-21-17/h3-4,7,10,13,15H,5-6,8-9,11-12H2,1-2H3,(H,20,21)/t15-/m0/s1.